The van der Waals surface area contributed by atoms with Crippen molar-refractivity contribution >= 4 is 35.7 Å². The van der Waals surface area contributed by atoms with E-state index in [0.29, 0.717) is 0 Å². The van der Waals surface area contributed by atoms with Gasteiger partial charge in [0.05, 0.1) is 11.7 Å². The van der Waals surface area contributed by atoms with Crippen LogP contribution in [0, 0.1) is 0 Å². The van der Waals surface area contributed by atoms with Crippen LogP contribution in [0.15, 0.2) is 48.5 Å². The van der Waals surface area contributed by atoms with Crippen LogP contribution in [-0.4, -0.2) is 89.3 Å². The molecule has 0 saturated heterocycles. The van der Waals surface area contributed by atoms with E-state index in [1.807, 2.05) is 48.5 Å². The Morgan fingerprint density at radius 2 is 1.04 bits per heavy atom. The number of rotatable bonds is 14. The van der Waals surface area contributed by atoms with E-state index in [1.54, 1.807) is 20.8 Å². The highest BCUT2D eigenvalue weighted by Crippen LogP contribution is 2.44. The number of carboxylic acids is 1. The van der Waals surface area contributed by atoms with Crippen molar-refractivity contribution in [2.75, 3.05) is 6.61 Å². The van der Waals surface area contributed by atoms with Crippen molar-refractivity contribution in [2.24, 2.45) is 0 Å². The van der Waals surface area contributed by atoms with Gasteiger partial charge in [-0.25, -0.2) is 9.59 Å². The number of amides is 5. The Labute approximate surface area is 286 Å². The standard InChI is InChI=1S/C35H47N5O9/c1-18(30(42)38-20(3)32(44)40-28(33(45)46)22(5)49-35(6,7)8)36-29(41)19(2)37-31(43)21(4)39-34(47)48-17-27-25-15-11-9-13-23(25)24-14-10-12-16-26(24)27/h9-16,18-22,27-28H,17H2,1-8H3,(H,36,41)(H,37,43)(H,38,42)(H,39,47)(H,40,44)(H,45,46)/t18-,19-,20-,21-,22+,28-/m0/s1. The number of carbonyl (C=O) groups is 6. The summed E-state index contributed by atoms with van der Waals surface area (Å²) in [6.45, 7) is 12.4. The predicted molar refractivity (Wildman–Crippen MR) is 180 cm³/mol. The molecule has 1 aliphatic carbocycles. The molecule has 0 aliphatic heterocycles. The number of nitrogens with one attached hydrogen (secondary N) is 5. The number of carboxylic acid groups (broad SMARTS) is 1. The Morgan fingerprint density at radius 3 is 1.45 bits per heavy atom. The fourth-order valence-electron chi connectivity index (χ4n) is 5.38. The molecule has 0 heterocycles. The Bertz CT molecular complexity index is 1510. The van der Waals surface area contributed by atoms with Crippen LogP contribution >= 0.6 is 0 Å². The molecule has 49 heavy (non-hydrogen) atoms. The highest BCUT2D eigenvalue weighted by atomic mass is 16.5. The molecule has 3 rings (SSSR count). The lowest BCUT2D eigenvalue weighted by Crippen LogP contribution is -2.58. The van der Waals surface area contributed by atoms with Gasteiger partial charge in [-0.1, -0.05) is 48.5 Å². The van der Waals surface area contributed by atoms with Crippen molar-refractivity contribution in [2.45, 2.75) is 103 Å². The molecule has 6 N–H and O–H groups in total. The lowest BCUT2D eigenvalue weighted by atomic mass is 9.98. The number of alkyl carbamates (subject to hydrolysis) is 1. The van der Waals surface area contributed by atoms with Crippen LogP contribution in [0.4, 0.5) is 4.79 Å². The Hall–Kier alpha value is -4.98. The average molecular weight is 682 g/mol. The highest BCUT2D eigenvalue weighted by Gasteiger charge is 2.33. The van der Waals surface area contributed by atoms with Crippen LogP contribution in [0.2, 0.25) is 0 Å². The molecule has 0 unspecified atom stereocenters. The summed E-state index contributed by atoms with van der Waals surface area (Å²) in [4.78, 5) is 75.2. The van der Waals surface area contributed by atoms with Crippen molar-refractivity contribution in [1.82, 2.24) is 26.6 Å². The molecule has 14 nitrogen and oxygen atoms in total. The van der Waals surface area contributed by atoms with Crippen LogP contribution in [-0.2, 0) is 33.4 Å². The maximum Gasteiger partial charge on any atom is 0.407 e. The molecule has 0 radical (unpaired) electrons. The fraction of sp³-hybridized carbons (Fsp3) is 0.486. The van der Waals surface area contributed by atoms with Crippen LogP contribution in [0.1, 0.15) is 72.4 Å². The molecular formula is C35H47N5O9. The first-order valence-corrected chi connectivity index (χ1v) is 16.1. The zero-order chi connectivity index (χ0) is 36.6. The molecular weight excluding hydrogens is 634 g/mol. The largest absolute Gasteiger partial charge is 0.480 e. The first-order chi connectivity index (χ1) is 22.9. The summed E-state index contributed by atoms with van der Waals surface area (Å²) in [5.41, 5.74) is 3.61. The molecule has 266 valence electrons. The van der Waals surface area contributed by atoms with E-state index in [2.05, 4.69) is 26.6 Å². The number of fused-ring (bicyclic) bond motifs is 3. The SMILES string of the molecule is C[C@H](NC(=O)OCC1c2ccccc2-c2ccccc21)C(=O)N[C@@H](C)C(=O)N[C@@H](C)C(=O)N[C@@H](C)C(=O)N[C@H](C(=O)O)[C@@H](C)OC(C)(C)C. The summed E-state index contributed by atoms with van der Waals surface area (Å²) in [6, 6.07) is 10.1. The van der Waals surface area contributed by atoms with E-state index < -0.39 is 77.6 Å². The second-order valence-corrected chi connectivity index (χ2v) is 13.1. The van der Waals surface area contributed by atoms with E-state index in [9.17, 15) is 33.9 Å². The van der Waals surface area contributed by atoms with Crippen LogP contribution in [0.5, 0.6) is 0 Å². The summed E-state index contributed by atoms with van der Waals surface area (Å²) >= 11 is 0. The van der Waals surface area contributed by atoms with Gasteiger partial charge in [-0.2, -0.15) is 0 Å². The number of hydrogen-bond donors (Lipinski definition) is 6. The second-order valence-electron chi connectivity index (χ2n) is 13.1. The smallest absolute Gasteiger partial charge is 0.407 e. The van der Waals surface area contributed by atoms with Crippen LogP contribution < -0.4 is 26.6 Å². The number of ether oxygens (including phenoxy) is 2. The maximum atomic E-state index is 12.7. The van der Waals surface area contributed by atoms with Gasteiger partial charge in [0, 0.05) is 5.92 Å². The molecule has 0 saturated carbocycles. The lowest BCUT2D eigenvalue weighted by molar-refractivity contribution is -0.150. The summed E-state index contributed by atoms with van der Waals surface area (Å²) in [5, 5.41) is 21.8. The normalized spacial score (nSPS) is 15.9. The third-order valence-corrected chi connectivity index (χ3v) is 7.90. The molecule has 2 aromatic carbocycles. The predicted octanol–water partition coefficient (Wildman–Crippen LogP) is 2.20. The minimum atomic E-state index is -1.37. The van der Waals surface area contributed by atoms with E-state index >= 15 is 0 Å². The summed E-state index contributed by atoms with van der Waals surface area (Å²) in [6.07, 6.45) is -1.66. The first-order valence-electron chi connectivity index (χ1n) is 16.1. The minimum Gasteiger partial charge on any atom is -0.480 e. The van der Waals surface area contributed by atoms with Gasteiger partial charge in [-0.3, -0.25) is 19.2 Å². The quantitative estimate of drug-likeness (QED) is 0.173. The monoisotopic (exact) mass is 681 g/mol. The molecule has 0 aromatic heterocycles. The Kier molecular flexibility index (Phi) is 12.9. The zero-order valence-electron chi connectivity index (χ0n) is 29.1. The van der Waals surface area contributed by atoms with Crippen molar-refractivity contribution in [3.05, 3.63) is 59.7 Å². The molecule has 6 atom stereocenters. The van der Waals surface area contributed by atoms with Crippen LogP contribution in [0.25, 0.3) is 11.1 Å². The lowest BCUT2D eigenvalue weighted by Gasteiger charge is -2.30. The second kappa shape index (κ2) is 16.4. The van der Waals surface area contributed by atoms with Gasteiger partial charge in [0.25, 0.3) is 0 Å². The van der Waals surface area contributed by atoms with E-state index in [-0.39, 0.29) is 12.5 Å². The fourth-order valence-corrected chi connectivity index (χ4v) is 5.38. The molecule has 5 amide bonds. The van der Waals surface area contributed by atoms with Crippen molar-refractivity contribution in [3.63, 3.8) is 0 Å². The minimum absolute atomic E-state index is 0.0676. The van der Waals surface area contributed by atoms with Crippen molar-refractivity contribution in [1.29, 1.82) is 0 Å². The van der Waals surface area contributed by atoms with Gasteiger partial charge in [-0.05, 0) is 77.6 Å². The number of aliphatic carboxylic acids is 1. The third-order valence-electron chi connectivity index (χ3n) is 7.90. The van der Waals surface area contributed by atoms with E-state index in [4.69, 9.17) is 9.47 Å². The summed E-state index contributed by atoms with van der Waals surface area (Å²) in [5.74, 6) is -4.28. The van der Waals surface area contributed by atoms with Crippen molar-refractivity contribution in [3.8, 4) is 11.1 Å². The molecule has 1 aliphatic rings. The zero-order valence-corrected chi connectivity index (χ0v) is 29.1. The molecule has 2 aromatic rings. The first kappa shape index (κ1) is 38.5. The Balaban J connectivity index is 1.44. The van der Waals surface area contributed by atoms with Gasteiger partial charge in [0.2, 0.25) is 23.6 Å². The average Bonchev–Trinajstić information content (AvgIpc) is 3.34. The van der Waals surface area contributed by atoms with Gasteiger partial charge >= 0.3 is 12.1 Å². The topological polar surface area (TPSA) is 201 Å². The molecule has 0 spiro atoms. The highest BCUT2D eigenvalue weighted by molar-refractivity contribution is 5.95. The maximum absolute atomic E-state index is 12.7. The summed E-state index contributed by atoms with van der Waals surface area (Å²) < 4.78 is 11.1. The van der Waals surface area contributed by atoms with Crippen molar-refractivity contribution < 1.29 is 43.3 Å². The molecule has 14 heteroatoms. The van der Waals surface area contributed by atoms with E-state index in [1.165, 1.54) is 34.6 Å². The van der Waals surface area contributed by atoms with Gasteiger partial charge in [-0.15, -0.1) is 0 Å². The number of carbonyl (C=O) groups excluding carboxylic acids is 5. The van der Waals surface area contributed by atoms with Gasteiger partial charge in [0.15, 0.2) is 6.04 Å². The van der Waals surface area contributed by atoms with Crippen LogP contribution in [0.3, 0.4) is 0 Å². The molecule has 0 bridgehead atoms. The summed E-state index contributed by atoms with van der Waals surface area (Å²) in [7, 11) is 0. The van der Waals surface area contributed by atoms with Gasteiger partial charge < -0.3 is 41.2 Å². The number of hydrogen-bond acceptors (Lipinski definition) is 8. The Morgan fingerprint density at radius 1 is 0.653 bits per heavy atom. The third kappa shape index (κ3) is 10.5. The molecule has 0 fully saturated rings. The van der Waals surface area contributed by atoms with E-state index in [0.717, 1.165) is 22.3 Å². The number of benzene rings is 2. The van der Waals surface area contributed by atoms with Gasteiger partial charge in [0.1, 0.15) is 30.8 Å².